The van der Waals surface area contributed by atoms with Crippen molar-refractivity contribution in [2.75, 3.05) is 29.0 Å². The number of aromatic nitrogens is 1. The van der Waals surface area contributed by atoms with E-state index in [0.29, 0.717) is 23.8 Å². The van der Waals surface area contributed by atoms with Gasteiger partial charge in [0, 0.05) is 25.7 Å². The molecule has 0 saturated carbocycles. The van der Waals surface area contributed by atoms with Gasteiger partial charge in [-0.15, -0.1) is 0 Å². The number of hydrogen-bond donors (Lipinski definition) is 5. The lowest BCUT2D eigenvalue weighted by Gasteiger charge is -2.34. The second kappa shape index (κ2) is 9.15. The Balaban J connectivity index is 2.11. The van der Waals surface area contributed by atoms with Crippen molar-refractivity contribution in [1.29, 1.82) is 0 Å². The van der Waals surface area contributed by atoms with Gasteiger partial charge in [0.1, 0.15) is 5.60 Å². The molecule has 2 atom stereocenters. The highest BCUT2D eigenvalue weighted by atomic mass is 16.6. The van der Waals surface area contributed by atoms with Crippen LogP contribution < -0.4 is 33.2 Å². The van der Waals surface area contributed by atoms with Gasteiger partial charge in [0.05, 0.1) is 11.4 Å². The van der Waals surface area contributed by atoms with Crippen LogP contribution in [0.2, 0.25) is 0 Å². The highest BCUT2D eigenvalue weighted by Crippen LogP contribution is 2.33. The zero-order valence-corrected chi connectivity index (χ0v) is 18.1. The molecular formula is C20H37N7O2. The van der Waals surface area contributed by atoms with Gasteiger partial charge in [-0.25, -0.2) is 4.98 Å². The van der Waals surface area contributed by atoms with E-state index in [9.17, 15) is 4.79 Å². The van der Waals surface area contributed by atoms with Crippen molar-refractivity contribution >= 4 is 23.2 Å². The summed E-state index contributed by atoms with van der Waals surface area (Å²) in [5.74, 6) is -0.663. The number of esters is 1. The monoisotopic (exact) mass is 407 g/mol. The molecule has 9 nitrogen and oxygen atoms in total. The second-order valence-electron chi connectivity index (χ2n) is 9.10. The number of anilines is 3. The summed E-state index contributed by atoms with van der Waals surface area (Å²) in [5, 5.41) is 2.73. The number of nitrogens with two attached hydrogens (primary N) is 4. The molecule has 2 rings (SSSR count). The molecule has 29 heavy (non-hydrogen) atoms. The minimum absolute atomic E-state index is 0.137. The summed E-state index contributed by atoms with van der Waals surface area (Å²) in [6.07, 6.45) is 5.00. The van der Waals surface area contributed by atoms with E-state index in [-0.39, 0.29) is 11.9 Å². The minimum atomic E-state index is -1.61. The van der Waals surface area contributed by atoms with E-state index in [1.54, 1.807) is 6.20 Å². The number of carbonyl (C=O) groups is 1. The summed E-state index contributed by atoms with van der Waals surface area (Å²) >= 11 is 0. The maximum absolute atomic E-state index is 12.3. The molecule has 1 aromatic heterocycles. The van der Waals surface area contributed by atoms with Crippen LogP contribution in [-0.2, 0) is 9.53 Å². The zero-order chi connectivity index (χ0) is 21.8. The van der Waals surface area contributed by atoms with Crippen LogP contribution in [0.5, 0.6) is 0 Å². The van der Waals surface area contributed by atoms with Gasteiger partial charge in [0.25, 0.3) is 0 Å². The minimum Gasteiger partial charge on any atom is -0.460 e. The van der Waals surface area contributed by atoms with E-state index < -0.39 is 11.5 Å². The van der Waals surface area contributed by atoms with E-state index >= 15 is 0 Å². The topological polar surface area (TPSA) is 159 Å². The average Bonchev–Trinajstić information content (AvgIpc) is 2.54. The molecule has 1 aliphatic heterocycles. The Morgan fingerprint density at radius 2 is 1.97 bits per heavy atom. The van der Waals surface area contributed by atoms with E-state index in [1.807, 2.05) is 26.8 Å². The number of pyridine rings is 1. The number of nitrogens with zero attached hydrogens (tertiary/aromatic N) is 2. The molecule has 9 N–H and O–H groups in total. The van der Waals surface area contributed by atoms with E-state index in [0.717, 1.165) is 38.0 Å². The van der Waals surface area contributed by atoms with Gasteiger partial charge in [-0.3, -0.25) is 22.0 Å². The molecule has 0 aliphatic carbocycles. The number of carbonyl (C=O) groups excluding carboxylic acids is 1. The lowest BCUT2D eigenvalue weighted by Crippen LogP contribution is -2.64. The maximum atomic E-state index is 12.3. The van der Waals surface area contributed by atoms with Crippen LogP contribution in [0.25, 0.3) is 0 Å². The maximum Gasteiger partial charge on any atom is 0.306 e. The summed E-state index contributed by atoms with van der Waals surface area (Å²) in [6.45, 7) is 9.55. The van der Waals surface area contributed by atoms with Crippen molar-refractivity contribution in [3.05, 3.63) is 12.3 Å². The van der Waals surface area contributed by atoms with Crippen LogP contribution in [-0.4, -0.2) is 35.6 Å². The molecule has 164 valence electrons. The fourth-order valence-electron chi connectivity index (χ4n) is 3.74. The Bertz CT molecular complexity index is 697. The molecule has 0 spiro atoms. The van der Waals surface area contributed by atoms with Gasteiger partial charge < -0.3 is 20.7 Å². The third-order valence-corrected chi connectivity index (χ3v) is 5.15. The van der Waals surface area contributed by atoms with Gasteiger partial charge in [-0.05, 0) is 57.9 Å². The fourth-order valence-corrected chi connectivity index (χ4v) is 3.74. The molecule has 0 bridgehead atoms. The quantitative estimate of drug-likeness (QED) is 0.360. The first kappa shape index (κ1) is 23.2. The molecule has 0 radical (unpaired) electrons. The highest BCUT2D eigenvalue weighted by molar-refractivity contribution is 5.78. The molecule has 1 saturated heterocycles. The summed E-state index contributed by atoms with van der Waals surface area (Å²) in [4.78, 5) is 18.8. The number of rotatable bonds is 5. The Labute approximate surface area is 173 Å². The molecule has 9 heteroatoms. The third kappa shape index (κ3) is 7.34. The first-order valence-electron chi connectivity index (χ1n) is 10.2. The summed E-state index contributed by atoms with van der Waals surface area (Å²) < 4.78 is 5.53. The standard InChI is InChI=1S/C20H37N7O2/c1-13-6-5-10-27(11-8-14(13)12-16(28)29-19(2,3)4)15-7-9-25-18(17(15)21)26-20(22,23)24/h7,9,13-14H,5-6,8,10-12,21-24H2,1-4H3,(H,25,26). The van der Waals surface area contributed by atoms with Crippen LogP contribution in [0.3, 0.4) is 0 Å². The predicted octanol–water partition coefficient (Wildman–Crippen LogP) is 1.54. The first-order valence-corrected chi connectivity index (χ1v) is 10.2. The molecule has 1 fully saturated rings. The van der Waals surface area contributed by atoms with Crippen molar-refractivity contribution in [2.24, 2.45) is 29.0 Å². The van der Waals surface area contributed by atoms with Gasteiger partial charge in [0.2, 0.25) is 0 Å². The first-order chi connectivity index (χ1) is 13.4. The Morgan fingerprint density at radius 3 is 2.59 bits per heavy atom. The number of nitrogen functional groups attached to an aromatic ring is 1. The highest BCUT2D eigenvalue weighted by Gasteiger charge is 2.27. The molecular weight excluding hydrogens is 370 g/mol. The SMILES string of the molecule is CC1CCCN(c2ccnc(NC(N)(N)N)c2N)CCC1CC(=O)OC(C)(C)C. The molecule has 1 aliphatic rings. The average molecular weight is 408 g/mol. The van der Waals surface area contributed by atoms with Crippen molar-refractivity contribution in [3.8, 4) is 0 Å². The van der Waals surface area contributed by atoms with E-state index in [1.165, 1.54) is 0 Å². The molecule has 1 aromatic rings. The lowest BCUT2D eigenvalue weighted by atomic mass is 9.83. The predicted molar refractivity (Wildman–Crippen MR) is 117 cm³/mol. The molecule has 0 amide bonds. The van der Waals surface area contributed by atoms with Crippen LogP contribution in [0.4, 0.5) is 17.2 Å². The summed E-state index contributed by atoms with van der Waals surface area (Å²) in [6, 6.07) is 1.87. The van der Waals surface area contributed by atoms with Gasteiger partial charge in [-0.2, -0.15) is 0 Å². The molecule has 0 aromatic carbocycles. The van der Waals surface area contributed by atoms with Gasteiger partial charge in [-0.1, -0.05) is 6.92 Å². The van der Waals surface area contributed by atoms with Crippen LogP contribution in [0, 0.1) is 11.8 Å². The Kier molecular flexibility index (Phi) is 7.31. The molecule has 2 heterocycles. The largest absolute Gasteiger partial charge is 0.460 e. The van der Waals surface area contributed by atoms with Crippen LogP contribution >= 0.6 is 0 Å². The Hall–Kier alpha value is -2.10. The van der Waals surface area contributed by atoms with Gasteiger partial charge >= 0.3 is 5.97 Å². The van der Waals surface area contributed by atoms with Crippen molar-refractivity contribution in [3.63, 3.8) is 0 Å². The number of hydrogen-bond acceptors (Lipinski definition) is 9. The molecule has 2 unspecified atom stereocenters. The fraction of sp³-hybridized carbons (Fsp3) is 0.700. The van der Waals surface area contributed by atoms with Crippen molar-refractivity contribution in [2.45, 2.75) is 64.9 Å². The smallest absolute Gasteiger partial charge is 0.306 e. The van der Waals surface area contributed by atoms with Crippen LogP contribution in [0.1, 0.15) is 53.4 Å². The zero-order valence-electron chi connectivity index (χ0n) is 18.1. The third-order valence-electron chi connectivity index (χ3n) is 5.15. The van der Waals surface area contributed by atoms with Crippen LogP contribution in [0.15, 0.2) is 12.3 Å². The number of nitrogens with one attached hydrogen (secondary N) is 1. The normalized spacial score (nSPS) is 21.3. The number of ether oxygens (including phenoxy) is 1. The summed E-state index contributed by atoms with van der Waals surface area (Å²) in [5.41, 5.74) is 24.0. The lowest BCUT2D eigenvalue weighted by molar-refractivity contribution is -0.156. The second-order valence-corrected chi connectivity index (χ2v) is 9.10. The van der Waals surface area contributed by atoms with E-state index in [2.05, 4.69) is 22.1 Å². The van der Waals surface area contributed by atoms with Crippen molar-refractivity contribution in [1.82, 2.24) is 4.98 Å². The van der Waals surface area contributed by atoms with E-state index in [4.69, 9.17) is 27.7 Å². The van der Waals surface area contributed by atoms with Gasteiger partial charge in [0.15, 0.2) is 11.7 Å². The Morgan fingerprint density at radius 1 is 1.28 bits per heavy atom. The summed E-state index contributed by atoms with van der Waals surface area (Å²) in [7, 11) is 0. The van der Waals surface area contributed by atoms with Crippen molar-refractivity contribution < 1.29 is 9.53 Å².